The Balaban J connectivity index is 2.26. The van der Waals surface area contributed by atoms with Gasteiger partial charge in [-0.1, -0.05) is 11.6 Å². The van der Waals surface area contributed by atoms with E-state index in [0.29, 0.717) is 18.7 Å². The molecule has 2 N–H and O–H groups in total. The van der Waals surface area contributed by atoms with Gasteiger partial charge < -0.3 is 15.4 Å². The van der Waals surface area contributed by atoms with Gasteiger partial charge in [-0.3, -0.25) is 4.79 Å². The summed E-state index contributed by atoms with van der Waals surface area (Å²) in [5, 5.41) is 5.11. The summed E-state index contributed by atoms with van der Waals surface area (Å²) in [4.78, 5) is 23.0. The van der Waals surface area contributed by atoms with Crippen molar-refractivity contribution in [3.05, 3.63) is 29.0 Å². The lowest BCUT2D eigenvalue weighted by Crippen LogP contribution is -2.33. The molecular weight excluding hydrogens is 311 g/mol. The van der Waals surface area contributed by atoms with E-state index >= 15 is 0 Å². The molecule has 2 amide bonds. The van der Waals surface area contributed by atoms with Crippen molar-refractivity contribution in [3.63, 3.8) is 0 Å². The van der Waals surface area contributed by atoms with Gasteiger partial charge in [0.2, 0.25) is 5.91 Å². The minimum atomic E-state index is -0.592. The van der Waals surface area contributed by atoms with Crippen LogP contribution in [0.4, 0.5) is 14.9 Å². The van der Waals surface area contributed by atoms with Gasteiger partial charge in [0.05, 0.1) is 5.02 Å². The zero-order chi connectivity index (χ0) is 16.8. The number of ether oxygens (including phenoxy) is 1. The normalized spacial score (nSPS) is 11.0. The van der Waals surface area contributed by atoms with E-state index in [1.165, 1.54) is 12.1 Å². The molecule has 0 aliphatic heterocycles. The summed E-state index contributed by atoms with van der Waals surface area (Å²) in [5.74, 6) is -0.862. The maximum atomic E-state index is 13.2. The van der Waals surface area contributed by atoms with E-state index in [4.69, 9.17) is 16.3 Å². The van der Waals surface area contributed by atoms with Crippen molar-refractivity contribution < 1.29 is 18.7 Å². The average Bonchev–Trinajstić information content (AvgIpc) is 2.37. The van der Waals surface area contributed by atoms with Crippen molar-refractivity contribution in [2.24, 2.45) is 0 Å². The fourth-order valence-corrected chi connectivity index (χ4v) is 1.67. The summed E-state index contributed by atoms with van der Waals surface area (Å²) >= 11 is 5.56. The van der Waals surface area contributed by atoms with Crippen LogP contribution in [0.2, 0.25) is 5.02 Å². The van der Waals surface area contributed by atoms with Crippen LogP contribution in [-0.2, 0) is 9.53 Å². The maximum absolute atomic E-state index is 13.2. The van der Waals surface area contributed by atoms with Gasteiger partial charge in [-0.15, -0.1) is 0 Å². The Morgan fingerprint density at radius 1 is 1.32 bits per heavy atom. The van der Waals surface area contributed by atoms with Crippen LogP contribution in [0, 0.1) is 5.82 Å². The molecule has 5 nitrogen and oxygen atoms in total. The molecule has 7 heteroatoms. The zero-order valence-corrected chi connectivity index (χ0v) is 13.6. The molecular formula is C15H20ClFN2O3. The van der Waals surface area contributed by atoms with Crippen LogP contribution in [0.1, 0.15) is 33.6 Å². The van der Waals surface area contributed by atoms with Crippen LogP contribution in [0.3, 0.4) is 0 Å². The maximum Gasteiger partial charge on any atom is 0.407 e. The zero-order valence-electron chi connectivity index (χ0n) is 12.8. The Bertz CT molecular complexity index is 544. The third-order valence-corrected chi connectivity index (χ3v) is 2.76. The Hall–Kier alpha value is -1.82. The highest BCUT2D eigenvalue weighted by Gasteiger charge is 2.15. The minimum Gasteiger partial charge on any atom is -0.444 e. The predicted molar refractivity (Wildman–Crippen MR) is 83.5 cm³/mol. The molecule has 0 atom stereocenters. The molecule has 0 aromatic heterocycles. The second-order valence-corrected chi connectivity index (χ2v) is 6.12. The Morgan fingerprint density at radius 2 is 2.00 bits per heavy atom. The van der Waals surface area contributed by atoms with Crippen molar-refractivity contribution >= 4 is 29.3 Å². The first-order valence-corrected chi connectivity index (χ1v) is 7.27. The van der Waals surface area contributed by atoms with Crippen molar-refractivity contribution in [1.82, 2.24) is 5.32 Å². The number of hydrogen-bond donors (Lipinski definition) is 2. The SMILES string of the molecule is CC(C)(C)OC(=O)NCCCC(=O)Nc1ccc(Cl)c(F)c1. The number of hydrogen-bond acceptors (Lipinski definition) is 3. The fraction of sp³-hybridized carbons (Fsp3) is 0.467. The molecule has 0 unspecified atom stereocenters. The molecule has 0 saturated carbocycles. The van der Waals surface area contributed by atoms with Crippen molar-refractivity contribution in [1.29, 1.82) is 0 Å². The van der Waals surface area contributed by atoms with Crippen LogP contribution in [0.5, 0.6) is 0 Å². The van der Waals surface area contributed by atoms with E-state index in [1.807, 2.05) is 0 Å². The van der Waals surface area contributed by atoms with E-state index in [2.05, 4.69) is 10.6 Å². The summed E-state index contributed by atoms with van der Waals surface area (Å²) in [6, 6.07) is 4.04. The van der Waals surface area contributed by atoms with E-state index in [-0.39, 0.29) is 17.4 Å². The monoisotopic (exact) mass is 330 g/mol. The third-order valence-electron chi connectivity index (χ3n) is 2.45. The molecule has 0 spiro atoms. The van der Waals surface area contributed by atoms with Crippen LogP contribution in [0.15, 0.2) is 18.2 Å². The highest BCUT2D eigenvalue weighted by Crippen LogP contribution is 2.18. The first-order valence-electron chi connectivity index (χ1n) is 6.89. The number of rotatable bonds is 5. The number of nitrogens with one attached hydrogen (secondary N) is 2. The number of alkyl carbamates (subject to hydrolysis) is 1. The van der Waals surface area contributed by atoms with Gasteiger partial charge in [0.25, 0.3) is 0 Å². The first kappa shape index (κ1) is 18.2. The largest absolute Gasteiger partial charge is 0.444 e. The number of amides is 2. The lowest BCUT2D eigenvalue weighted by molar-refractivity contribution is -0.116. The third kappa shape index (κ3) is 7.26. The van der Waals surface area contributed by atoms with Crippen molar-refractivity contribution in [2.75, 3.05) is 11.9 Å². The second-order valence-electron chi connectivity index (χ2n) is 5.71. The highest BCUT2D eigenvalue weighted by atomic mass is 35.5. The summed E-state index contributed by atoms with van der Waals surface area (Å²) in [7, 11) is 0. The molecule has 0 fully saturated rings. The van der Waals surface area contributed by atoms with Crippen LogP contribution >= 0.6 is 11.6 Å². The second kappa shape index (κ2) is 7.98. The molecule has 0 aliphatic rings. The summed E-state index contributed by atoms with van der Waals surface area (Å²) in [6.07, 6.45) is 0.119. The summed E-state index contributed by atoms with van der Waals surface area (Å²) < 4.78 is 18.3. The Labute approximate surface area is 134 Å². The van der Waals surface area contributed by atoms with Gasteiger partial charge in [0.1, 0.15) is 11.4 Å². The summed E-state index contributed by atoms with van der Waals surface area (Å²) in [5.41, 5.74) is -0.216. The highest BCUT2D eigenvalue weighted by molar-refractivity contribution is 6.30. The van der Waals surface area contributed by atoms with E-state index in [0.717, 1.165) is 6.07 Å². The number of carbonyl (C=O) groups excluding carboxylic acids is 2. The van der Waals surface area contributed by atoms with Crippen LogP contribution in [0.25, 0.3) is 0 Å². The number of benzene rings is 1. The van der Waals surface area contributed by atoms with E-state index in [9.17, 15) is 14.0 Å². The molecule has 0 aliphatic carbocycles. The summed E-state index contributed by atoms with van der Waals surface area (Å²) in [6.45, 7) is 5.62. The van der Waals surface area contributed by atoms with E-state index in [1.54, 1.807) is 20.8 Å². The lowest BCUT2D eigenvalue weighted by Gasteiger charge is -2.19. The van der Waals surface area contributed by atoms with E-state index < -0.39 is 17.5 Å². The van der Waals surface area contributed by atoms with Gasteiger partial charge in [0, 0.05) is 18.7 Å². The fourth-order valence-electron chi connectivity index (χ4n) is 1.55. The average molecular weight is 331 g/mol. The molecule has 1 aromatic carbocycles. The first-order chi connectivity index (χ1) is 10.2. The minimum absolute atomic E-state index is 0.000408. The molecule has 1 aromatic rings. The molecule has 22 heavy (non-hydrogen) atoms. The van der Waals surface area contributed by atoms with Gasteiger partial charge >= 0.3 is 6.09 Å². The van der Waals surface area contributed by atoms with Gasteiger partial charge in [-0.25, -0.2) is 9.18 Å². The lowest BCUT2D eigenvalue weighted by atomic mass is 10.2. The van der Waals surface area contributed by atoms with Crippen molar-refractivity contribution in [2.45, 2.75) is 39.2 Å². The molecule has 0 bridgehead atoms. The van der Waals surface area contributed by atoms with Crippen molar-refractivity contribution in [3.8, 4) is 0 Å². The number of carbonyl (C=O) groups is 2. The van der Waals surface area contributed by atoms with Gasteiger partial charge in [-0.2, -0.15) is 0 Å². The Kier molecular flexibility index (Phi) is 6.61. The quantitative estimate of drug-likeness (QED) is 0.808. The topological polar surface area (TPSA) is 67.4 Å². The van der Waals surface area contributed by atoms with Crippen LogP contribution in [-0.4, -0.2) is 24.1 Å². The number of anilines is 1. The predicted octanol–water partition coefficient (Wildman–Crippen LogP) is 3.72. The molecule has 122 valence electrons. The van der Waals surface area contributed by atoms with Crippen LogP contribution < -0.4 is 10.6 Å². The molecule has 0 radical (unpaired) electrons. The Morgan fingerprint density at radius 3 is 2.59 bits per heavy atom. The molecule has 0 saturated heterocycles. The standard InChI is InChI=1S/C15H20ClFN2O3/c1-15(2,3)22-14(21)18-8-4-5-13(20)19-10-6-7-11(16)12(17)9-10/h6-7,9H,4-5,8H2,1-3H3,(H,18,21)(H,19,20). The molecule has 0 heterocycles. The molecule has 1 rings (SSSR count). The number of halogens is 2. The van der Waals surface area contributed by atoms with Gasteiger partial charge in [-0.05, 0) is 45.4 Å². The van der Waals surface area contributed by atoms with Gasteiger partial charge in [0.15, 0.2) is 0 Å². The smallest absolute Gasteiger partial charge is 0.407 e.